The van der Waals surface area contributed by atoms with E-state index in [1.165, 1.54) is 7.11 Å². The third kappa shape index (κ3) is 2.44. The topological polar surface area (TPSA) is 52.1 Å². The summed E-state index contributed by atoms with van der Waals surface area (Å²) in [6, 6.07) is 9.08. The van der Waals surface area contributed by atoms with E-state index in [1.54, 1.807) is 12.1 Å². The normalized spacial score (nSPS) is 10.2. The van der Waals surface area contributed by atoms with Crippen LogP contribution in [0, 0.1) is 0 Å². The summed E-state index contributed by atoms with van der Waals surface area (Å²) in [6.45, 7) is 0. The Morgan fingerprint density at radius 3 is 2.44 bits per heavy atom. The average molecular weight is 283 g/mol. The van der Waals surface area contributed by atoms with Crippen LogP contribution >= 0.6 is 23.2 Å². The lowest BCUT2D eigenvalue weighted by molar-refractivity contribution is 0.0601. The summed E-state index contributed by atoms with van der Waals surface area (Å²) < 4.78 is 4.67. The zero-order valence-corrected chi connectivity index (χ0v) is 10.9. The number of halogens is 2. The molecule has 0 fully saturated rings. The number of methoxy groups -OCH3 is 1. The van der Waals surface area contributed by atoms with Crippen LogP contribution in [0.3, 0.4) is 0 Å². The number of esters is 1. The average Bonchev–Trinajstić information content (AvgIpc) is 2.38. The van der Waals surface area contributed by atoms with E-state index in [2.05, 4.69) is 14.7 Å². The van der Waals surface area contributed by atoms with Gasteiger partial charge in [0.05, 0.1) is 12.8 Å². The van der Waals surface area contributed by atoms with Crippen LogP contribution in [0.25, 0.3) is 11.3 Å². The first-order valence-corrected chi connectivity index (χ1v) is 5.76. The molecular weight excluding hydrogens is 275 g/mol. The molecule has 0 atom stereocenters. The van der Waals surface area contributed by atoms with Crippen LogP contribution in [0.15, 0.2) is 30.3 Å². The smallest absolute Gasteiger partial charge is 0.343 e. The van der Waals surface area contributed by atoms with E-state index >= 15 is 0 Å². The van der Waals surface area contributed by atoms with Gasteiger partial charge >= 0.3 is 5.97 Å². The molecule has 0 unspecified atom stereocenters. The van der Waals surface area contributed by atoms with Gasteiger partial charge in [0.1, 0.15) is 10.7 Å². The molecule has 0 aliphatic rings. The molecule has 0 aliphatic carbocycles. The maximum atomic E-state index is 11.7. The highest BCUT2D eigenvalue weighted by Gasteiger charge is 2.21. The van der Waals surface area contributed by atoms with Gasteiger partial charge in [-0.3, -0.25) is 0 Å². The monoisotopic (exact) mass is 282 g/mol. The van der Waals surface area contributed by atoms with E-state index in [0.717, 1.165) is 0 Å². The Labute approximate surface area is 114 Å². The summed E-state index contributed by atoms with van der Waals surface area (Å²) in [5.74, 6) is -0.601. The second-order valence-corrected chi connectivity index (χ2v) is 4.06. The van der Waals surface area contributed by atoms with Gasteiger partial charge in [-0.2, -0.15) is 0 Å². The van der Waals surface area contributed by atoms with Gasteiger partial charge in [-0.05, 0) is 11.6 Å². The van der Waals surface area contributed by atoms with Crippen molar-refractivity contribution in [1.29, 1.82) is 0 Å². The van der Waals surface area contributed by atoms with Gasteiger partial charge in [0, 0.05) is 5.56 Å². The molecule has 0 spiro atoms. The molecule has 2 rings (SSSR count). The Balaban J connectivity index is 2.69. The summed E-state index contributed by atoms with van der Waals surface area (Å²) in [6.07, 6.45) is 0. The van der Waals surface area contributed by atoms with Gasteiger partial charge in [0.25, 0.3) is 0 Å². The first kappa shape index (κ1) is 12.8. The molecule has 4 nitrogen and oxygen atoms in total. The molecule has 1 heterocycles. The van der Waals surface area contributed by atoms with Crippen LogP contribution in [0.2, 0.25) is 10.4 Å². The highest BCUT2D eigenvalue weighted by molar-refractivity contribution is 6.34. The predicted molar refractivity (Wildman–Crippen MR) is 68.8 cm³/mol. The van der Waals surface area contributed by atoms with E-state index in [4.69, 9.17) is 23.2 Å². The lowest BCUT2D eigenvalue weighted by Crippen LogP contribution is -2.08. The molecule has 0 aliphatic heterocycles. The molecule has 0 saturated heterocycles. The minimum absolute atomic E-state index is 0.0218. The Bertz CT molecular complexity index is 588. The number of carbonyl (C=O) groups is 1. The van der Waals surface area contributed by atoms with Crippen LogP contribution in [-0.2, 0) is 4.74 Å². The van der Waals surface area contributed by atoms with E-state index in [9.17, 15) is 4.79 Å². The zero-order chi connectivity index (χ0) is 13.1. The maximum Gasteiger partial charge on any atom is 0.343 e. The highest BCUT2D eigenvalue weighted by atomic mass is 35.5. The Kier molecular flexibility index (Phi) is 3.79. The summed E-state index contributed by atoms with van der Waals surface area (Å²) in [4.78, 5) is 19.5. The van der Waals surface area contributed by atoms with Crippen molar-refractivity contribution >= 4 is 29.2 Å². The second-order valence-electron chi connectivity index (χ2n) is 3.36. The number of rotatable bonds is 2. The van der Waals surface area contributed by atoms with Gasteiger partial charge in [0.2, 0.25) is 5.28 Å². The Morgan fingerprint density at radius 1 is 1.17 bits per heavy atom. The largest absolute Gasteiger partial charge is 0.465 e. The molecule has 0 radical (unpaired) electrons. The van der Waals surface area contributed by atoms with Gasteiger partial charge in [-0.25, -0.2) is 14.8 Å². The molecular formula is C12H8Cl2N2O2. The number of benzene rings is 1. The van der Waals surface area contributed by atoms with Gasteiger partial charge in [0.15, 0.2) is 0 Å². The van der Waals surface area contributed by atoms with Crippen molar-refractivity contribution < 1.29 is 9.53 Å². The van der Waals surface area contributed by atoms with Crippen LogP contribution in [-0.4, -0.2) is 23.0 Å². The summed E-state index contributed by atoms with van der Waals surface area (Å²) in [5, 5.41) is -0.0489. The van der Waals surface area contributed by atoms with Gasteiger partial charge in [-0.1, -0.05) is 41.9 Å². The molecule has 6 heteroatoms. The molecule has 0 bridgehead atoms. The lowest BCUT2D eigenvalue weighted by Gasteiger charge is -2.08. The molecule has 0 N–H and O–H groups in total. The van der Waals surface area contributed by atoms with Crippen LogP contribution in [0.1, 0.15) is 10.4 Å². The molecule has 92 valence electrons. The number of hydrogen-bond donors (Lipinski definition) is 0. The third-order valence-corrected chi connectivity index (χ3v) is 2.72. The van der Waals surface area contributed by atoms with Crippen molar-refractivity contribution in [3.63, 3.8) is 0 Å². The van der Waals surface area contributed by atoms with E-state index < -0.39 is 5.97 Å². The van der Waals surface area contributed by atoms with Gasteiger partial charge < -0.3 is 4.74 Å². The maximum absolute atomic E-state index is 11.7. The predicted octanol–water partition coefficient (Wildman–Crippen LogP) is 3.24. The fourth-order valence-electron chi connectivity index (χ4n) is 1.50. The van der Waals surface area contributed by atoms with Crippen molar-refractivity contribution in [2.24, 2.45) is 0 Å². The number of ether oxygens (including phenoxy) is 1. The molecule has 18 heavy (non-hydrogen) atoms. The molecule has 0 amide bonds. The van der Waals surface area contributed by atoms with Crippen molar-refractivity contribution in [2.75, 3.05) is 7.11 Å². The van der Waals surface area contributed by atoms with Crippen LogP contribution < -0.4 is 0 Å². The van der Waals surface area contributed by atoms with Crippen LogP contribution in [0.4, 0.5) is 0 Å². The minimum atomic E-state index is -0.601. The molecule has 1 aromatic heterocycles. The van der Waals surface area contributed by atoms with E-state index in [-0.39, 0.29) is 16.0 Å². The van der Waals surface area contributed by atoms with Gasteiger partial charge in [-0.15, -0.1) is 0 Å². The van der Waals surface area contributed by atoms with Crippen molar-refractivity contribution in [1.82, 2.24) is 9.97 Å². The standard InChI is InChI=1S/C12H8Cl2N2O2/c1-18-11(17)8-9(7-5-3-2-4-6-7)15-12(14)16-10(8)13/h2-6H,1H3. The lowest BCUT2D eigenvalue weighted by atomic mass is 10.1. The Morgan fingerprint density at radius 2 is 1.83 bits per heavy atom. The number of carbonyl (C=O) groups excluding carboxylic acids is 1. The van der Waals surface area contributed by atoms with Crippen molar-refractivity contribution in [2.45, 2.75) is 0 Å². The van der Waals surface area contributed by atoms with Crippen LogP contribution in [0.5, 0.6) is 0 Å². The minimum Gasteiger partial charge on any atom is -0.465 e. The van der Waals surface area contributed by atoms with E-state index in [0.29, 0.717) is 11.3 Å². The fraction of sp³-hybridized carbons (Fsp3) is 0.0833. The molecule has 2 aromatic rings. The first-order valence-electron chi connectivity index (χ1n) is 5.00. The Hall–Kier alpha value is -1.65. The molecule has 0 saturated carbocycles. The summed E-state index contributed by atoms with van der Waals surface area (Å²) in [7, 11) is 1.27. The summed E-state index contributed by atoms with van der Waals surface area (Å²) in [5.41, 5.74) is 1.17. The zero-order valence-electron chi connectivity index (χ0n) is 9.35. The van der Waals surface area contributed by atoms with E-state index in [1.807, 2.05) is 18.2 Å². The third-order valence-electron chi connectivity index (χ3n) is 2.27. The SMILES string of the molecule is COC(=O)c1c(Cl)nc(Cl)nc1-c1ccccc1. The number of aromatic nitrogens is 2. The van der Waals surface area contributed by atoms with Crippen molar-refractivity contribution in [3.8, 4) is 11.3 Å². The fourth-order valence-corrected chi connectivity index (χ4v) is 1.95. The highest BCUT2D eigenvalue weighted by Crippen LogP contribution is 2.28. The summed E-state index contributed by atoms with van der Waals surface area (Å²) >= 11 is 11.7. The quantitative estimate of drug-likeness (QED) is 0.482. The van der Waals surface area contributed by atoms with Crippen molar-refractivity contribution in [3.05, 3.63) is 46.3 Å². The second kappa shape index (κ2) is 5.33. The number of hydrogen-bond acceptors (Lipinski definition) is 4. The molecule has 1 aromatic carbocycles. The number of nitrogens with zero attached hydrogens (tertiary/aromatic N) is 2. The first-order chi connectivity index (χ1) is 8.63.